The van der Waals surface area contributed by atoms with Crippen molar-refractivity contribution in [1.82, 2.24) is 15.2 Å². The standard InChI is InChI=1S/C14H24N4O2/c1-9(2)12(5-6-13(19)20)7-8-15-14-16-10(3)11(4)17-18-14/h9,12H,5-8H2,1-4H3,(H,19,20)(H,15,16,18). The molecule has 1 atom stereocenters. The first kappa shape index (κ1) is 16.3. The fraction of sp³-hybridized carbons (Fsp3) is 0.714. The van der Waals surface area contributed by atoms with E-state index in [9.17, 15) is 4.79 Å². The van der Waals surface area contributed by atoms with E-state index in [4.69, 9.17) is 5.11 Å². The van der Waals surface area contributed by atoms with E-state index in [1.165, 1.54) is 0 Å². The van der Waals surface area contributed by atoms with Crippen LogP contribution in [0.1, 0.15) is 44.5 Å². The summed E-state index contributed by atoms with van der Waals surface area (Å²) in [6.07, 6.45) is 1.84. The topological polar surface area (TPSA) is 88.0 Å². The van der Waals surface area contributed by atoms with Crippen LogP contribution < -0.4 is 5.32 Å². The maximum Gasteiger partial charge on any atom is 0.303 e. The third kappa shape index (κ3) is 5.50. The van der Waals surface area contributed by atoms with E-state index in [-0.39, 0.29) is 6.42 Å². The monoisotopic (exact) mass is 280 g/mol. The van der Waals surface area contributed by atoms with E-state index < -0.39 is 5.97 Å². The number of nitrogens with one attached hydrogen (secondary N) is 1. The van der Waals surface area contributed by atoms with Gasteiger partial charge in [-0.3, -0.25) is 4.79 Å². The number of aryl methyl sites for hydroxylation is 2. The van der Waals surface area contributed by atoms with Gasteiger partial charge in [0.2, 0.25) is 5.95 Å². The number of aromatic nitrogens is 3. The van der Waals surface area contributed by atoms with Gasteiger partial charge in [-0.15, -0.1) is 5.10 Å². The number of carbonyl (C=O) groups is 1. The summed E-state index contributed by atoms with van der Waals surface area (Å²) < 4.78 is 0. The van der Waals surface area contributed by atoms with Gasteiger partial charge in [0.25, 0.3) is 0 Å². The quantitative estimate of drug-likeness (QED) is 0.760. The summed E-state index contributed by atoms with van der Waals surface area (Å²) in [6, 6.07) is 0. The predicted molar refractivity (Wildman–Crippen MR) is 77.6 cm³/mol. The lowest BCUT2D eigenvalue weighted by Gasteiger charge is -2.20. The SMILES string of the molecule is Cc1nnc(NCCC(CCC(=O)O)C(C)C)nc1C. The zero-order valence-electron chi connectivity index (χ0n) is 12.7. The Kier molecular flexibility index (Phi) is 6.35. The zero-order valence-corrected chi connectivity index (χ0v) is 12.7. The molecule has 1 unspecified atom stereocenters. The van der Waals surface area contributed by atoms with Gasteiger partial charge >= 0.3 is 5.97 Å². The molecule has 20 heavy (non-hydrogen) atoms. The van der Waals surface area contributed by atoms with Gasteiger partial charge < -0.3 is 10.4 Å². The summed E-state index contributed by atoms with van der Waals surface area (Å²) in [5.41, 5.74) is 1.70. The molecule has 0 aliphatic carbocycles. The molecule has 6 heteroatoms. The molecule has 1 heterocycles. The van der Waals surface area contributed by atoms with E-state index >= 15 is 0 Å². The zero-order chi connectivity index (χ0) is 15.1. The molecule has 0 radical (unpaired) electrons. The highest BCUT2D eigenvalue weighted by atomic mass is 16.4. The van der Waals surface area contributed by atoms with Crippen molar-refractivity contribution in [3.63, 3.8) is 0 Å². The molecular formula is C14H24N4O2. The largest absolute Gasteiger partial charge is 0.481 e. The summed E-state index contributed by atoms with van der Waals surface area (Å²) in [4.78, 5) is 15.0. The van der Waals surface area contributed by atoms with Crippen molar-refractivity contribution in [3.8, 4) is 0 Å². The molecule has 0 bridgehead atoms. The molecule has 2 N–H and O–H groups in total. The molecule has 0 amide bonds. The van der Waals surface area contributed by atoms with Gasteiger partial charge in [0.1, 0.15) is 0 Å². The van der Waals surface area contributed by atoms with Gasteiger partial charge in [0, 0.05) is 13.0 Å². The van der Waals surface area contributed by atoms with Gasteiger partial charge in [-0.25, -0.2) is 4.98 Å². The highest BCUT2D eigenvalue weighted by Crippen LogP contribution is 2.21. The van der Waals surface area contributed by atoms with E-state index in [0.29, 0.717) is 24.2 Å². The van der Waals surface area contributed by atoms with Gasteiger partial charge in [0.05, 0.1) is 11.4 Å². The van der Waals surface area contributed by atoms with Crippen molar-refractivity contribution < 1.29 is 9.90 Å². The molecule has 0 saturated carbocycles. The minimum atomic E-state index is -0.731. The van der Waals surface area contributed by atoms with Gasteiger partial charge in [-0.05, 0) is 38.5 Å². The van der Waals surface area contributed by atoms with Crippen LogP contribution in [0, 0.1) is 25.7 Å². The summed E-state index contributed by atoms with van der Waals surface area (Å²) in [5.74, 6) is 0.659. The Balaban J connectivity index is 2.43. The maximum absolute atomic E-state index is 10.6. The van der Waals surface area contributed by atoms with Crippen LogP contribution in [0.4, 0.5) is 5.95 Å². The number of hydrogen-bond acceptors (Lipinski definition) is 5. The van der Waals surface area contributed by atoms with Crippen molar-refractivity contribution >= 4 is 11.9 Å². The van der Waals surface area contributed by atoms with E-state index in [2.05, 4.69) is 34.3 Å². The van der Waals surface area contributed by atoms with Crippen LogP contribution in [0.2, 0.25) is 0 Å². The molecule has 112 valence electrons. The number of aliphatic carboxylic acids is 1. The van der Waals surface area contributed by atoms with Crippen LogP contribution >= 0.6 is 0 Å². The first-order valence-corrected chi connectivity index (χ1v) is 7.03. The molecule has 0 fully saturated rings. The average Bonchev–Trinajstić information content (AvgIpc) is 2.37. The first-order valence-electron chi connectivity index (χ1n) is 7.03. The fourth-order valence-corrected chi connectivity index (χ4v) is 2.02. The number of carboxylic acid groups (broad SMARTS) is 1. The van der Waals surface area contributed by atoms with E-state index in [0.717, 1.165) is 24.4 Å². The Bertz CT molecular complexity index is 449. The Labute approximate surface area is 120 Å². The molecule has 0 aliphatic rings. The van der Waals surface area contributed by atoms with Crippen molar-refractivity contribution in [1.29, 1.82) is 0 Å². The summed E-state index contributed by atoms with van der Waals surface area (Å²) >= 11 is 0. The molecule has 0 aromatic carbocycles. The van der Waals surface area contributed by atoms with Gasteiger partial charge in [-0.1, -0.05) is 13.8 Å². The number of carboxylic acids is 1. The van der Waals surface area contributed by atoms with Crippen molar-refractivity contribution in [2.75, 3.05) is 11.9 Å². The fourth-order valence-electron chi connectivity index (χ4n) is 2.02. The van der Waals surface area contributed by atoms with Crippen molar-refractivity contribution in [3.05, 3.63) is 11.4 Å². The van der Waals surface area contributed by atoms with Crippen LogP contribution in [0.25, 0.3) is 0 Å². The van der Waals surface area contributed by atoms with Crippen molar-refractivity contribution in [2.45, 2.75) is 47.0 Å². The average molecular weight is 280 g/mol. The Morgan fingerprint density at radius 3 is 2.45 bits per heavy atom. The molecular weight excluding hydrogens is 256 g/mol. The van der Waals surface area contributed by atoms with E-state index in [1.807, 2.05) is 13.8 Å². The lowest BCUT2D eigenvalue weighted by atomic mass is 9.88. The second-order valence-corrected chi connectivity index (χ2v) is 5.46. The highest BCUT2D eigenvalue weighted by molar-refractivity contribution is 5.66. The molecule has 0 spiro atoms. The number of nitrogens with zero attached hydrogens (tertiary/aromatic N) is 3. The second-order valence-electron chi connectivity index (χ2n) is 5.46. The Hall–Kier alpha value is -1.72. The van der Waals surface area contributed by atoms with Gasteiger partial charge in [0.15, 0.2) is 0 Å². The molecule has 0 saturated heterocycles. The lowest BCUT2D eigenvalue weighted by Crippen LogP contribution is -2.17. The third-order valence-corrected chi connectivity index (χ3v) is 3.56. The molecule has 6 nitrogen and oxygen atoms in total. The molecule has 1 rings (SSSR count). The molecule has 1 aromatic heterocycles. The predicted octanol–water partition coefficient (Wildman–Crippen LogP) is 2.43. The van der Waals surface area contributed by atoms with Gasteiger partial charge in [-0.2, -0.15) is 5.10 Å². The van der Waals surface area contributed by atoms with Crippen molar-refractivity contribution in [2.24, 2.45) is 11.8 Å². The highest BCUT2D eigenvalue weighted by Gasteiger charge is 2.15. The lowest BCUT2D eigenvalue weighted by molar-refractivity contribution is -0.137. The van der Waals surface area contributed by atoms with Crippen LogP contribution in [0.5, 0.6) is 0 Å². The maximum atomic E-state index is 10.6. The van der Waals surface area contributed by atoms with Crippen LogP contribution in [-0.2, 0) is 4.79 Å². The normalized spacial score (nSPS) is 12.4. The Morgan fingerprint density at radius 1 is 1.20 bits per heavy atom. The molecule has 0 aliphatic heterocycles. The number of rotatable bonds is 8. The summed E-state index contributed by atoms with van der Waals surface area (Å²) in [6.45, 7) is 8.76. The van der Waals surface area contributed by atoms with Crippen LogP contribution in [0.15, 0.2) is 0 Å². The van der Waals surface area contributed by atoms with E-state index in [1.54, 1.807) is 0 Å². The minimum Gasteiger partial charge on any atom is -0.481 e. The third-order valence-electron chi connectivity index (χ3n) is 3.56. The molecule has 1 aromatic rings. The summed E-state index contributed by atoms with van der Waals surface area (Å²) in [7, 11) is 0. The smallest absolute Gasteiger partial charge is 0.303 e. The summed E-state index contributed by atoms with van der Waals surface area (Å²) in [5, 5.41) is 19.9. The second kappa shape index (κ2) is 7.77. The Morgan fingerprint density at radius 2 is 1.90 bits per heavy atom. The number of anilines is 1. The van der Waals surface area contributed by atoms with Crippen LogP contribution in [0.3, 0.4) is 0 Å². The number of hydrogen-bond donors (Lipinski definition) is 2. The van der Waals surface area contributed by atoms with Crippen LogP contribution in [-0.4, -0.2) is 32.8 Å². The minimum absolute atomic E-state index is 0.227. The first-order chi connectivity index (χ1) is 9.40.